The summed E-state index contributed by atoms with van der Waals surface area (Å²) in [4.78, 5) is 12.3. The number of carbonyl (C=O) groups is 1. The highest BCUT2D eigenvalue weighted by Gasteiger charge is 2.04. The van der Waals surface area contributed by atoms with Gasteiger partial charge in [0.25, 0.3) is 6.47 Å². The van der Waals surface area contributed by atoms with E-state index in [2.05, 4.69) is 17.0 Å². The summed E-state index contributed by atoms with van der Waals surface area (Å²) in [7, 11) is 2.01. The van der Waals surface area contributed by atoms with Gasteiger partial charge in [-0.1, -0.05) is 30.3 Å². The summed E-state index contributed by atoms with van der Waals surface area (Å²) in [6.07, 6.45) is 0. The van der Waals surface area contributed by atoms with Crippen molar-refractivity contribution in [1.82, 2.24) is 0 Å². The van der Waals surface area contributed by atoms with Gasteiger partial charge >= 0.3 is 0 Å². The molecule has 0 fully saturated rings. The molecule has 0 atom stereocenters. The first-order chi connectivity index (χ1) is 8.81. The van der Waals surface area contributed by atoms with Crippen LogP contribution in [0.5, 0.6) is 0 Å². The Hall–Kier alpha value is -2.29. The summed E-state index contributed by atoms with van der Waals surface area (Å²) in [6.45, 7) is 0.771. The Morgan fingerprint density at radius 2 is 1.78 bits per heavy atom. The molecule has 0 aliphatic carbocycles. The van der Waals surface area contributed by atoms with Crippen molar-refractivity contribution >= 4 is 17.8 Å². The highest BCUT2D eigenvalue weighted by molar-refractivity contribution is 5.62. The minimum Gasteiger partial charge on any atom is -0.463 e. The molecule has 0 N–H and O–H groups in total. The number of hydrogen-bond donors (Lipinski definition) is 0. The first-order valence-electron chi connectivity index (χ1n) is 5.74. The van der Waals surface area contributed by atoms with Crippen LogP contribution < -0.4 is 4.90 Å². The molecule has 0 heterocycles. The zero-order valence-corrected chi connectivity index (χ0v) is 10.2. The molecule has 18 heavy (non-hydrogen) atoms. The molecule has 3 nitrogen and oxygen atoms in total. The van der Waals surface area contributed by atoms with Crippen molar-refractivity contribution in [2.24, 2.45) is 0 Å². The van der Waals surface area contributed by atoms with E-state index >= 15 is 0 Å². The van der Waals surface area contributed by atoms with Gasteiger partial charge in [-0.2, -0.15) is 0 Å². The molecule has 2 aromatic rings. The first-order valence-corrected chi connectivity index (χ1v) is 5.74. The van der Waals surface area contributed by atoms with E-state index in [1.165, 1.54) is 0 Å². The maximum atomic E-state index is 10.2. The Kier molecular flexibility index (Phi) is 3.97. The lowest BCUT2D eigenvalue weighted by atomic mass is 10.2. The average molecular weight is 241 g/mol. The van der Waals surface area contributed by atoms with E-state index in [0.29, 0.717) is 13.1 Å². The molecule has 2 aromatic carbocycles. The third-order valence-electron chi connectivity index (χ3n) is 2.76. The molecule has 0 saturated heterocycles. The van der Waals surface area contributed by atoms with Crippen LogP contribution in [0.2, 0.25) is 0 Å². The van der Waals surface area contributed by atoms with Crippen molar-refractivity contribution in [3.05, 3.63) is 60.2 Å². The van der Waals surface area contributed by atoms with Gasteiger partial charge in [0.15, 0.2) is 0 Å². The molecule has 0 aliphatic heterocycles. The largest absolute Gasteiger partial charge is 0.463 e. The molecule has 0 unspecified atom stereocenters. The number of benzene rings is 2. The van der Waals surface area contributed by atoms with Gasteiger partial charge < -0.3 is 9.64 Å². The van der Waals surface area contributed by atoms with Crippen LogP contribution in [0.4, 0.5) is 11.4 Å². The van der Waals surface area contributed by atoms with E-state index in [9.17, 15) is 4.79 Å². The minimum atomic E-state index is 0.306. The van der Waals surface area contributed by atoms with Crippen molar-refractivity contribution in [2.45, 2.75) is 6.61 Å². The molecule has 0 bridgehead atoms. The van der Waals surface area contributed by atoms with E-state index in [1.54, 1.807) is 0 Å². The van der Waals surface area contributed by atoms with E-state index in [4.69, 9.17) is 4.74 Å². The van der Waals surface area contributed by atoms with Crippen LogP contribution in [0.25, 0.3) is 0 Å². The Morgan fingerprint density at radius 1 is 1.06 bits per heavy atom. The third kappa shape index (κ3) is 2.88. The fourth-order valence-corrected chi connectivity index (χ4v) is 1.79. The second-order valence-corrected chi connectivity index (χ2v) is 3.97. The molecule has 2 rings (SSSR count). The second kappa shape index (κ2) is 5.87. The second-order valence-electron chi connectivity index (χ2n) is 3.97. The molecular formula is C15H15NO2. The number of nitrogens with zero attached hydrogens (tertiary/aromatic N) is 1. The van der Waals surface area contributed by atoms with Crippen LogP contribution >= 0.6 is 0 Å². The number of ether oxygens (including phenoxy) is 1. The van der Waals surface area contributed by atoms with Crippen molar-refractivity contribution in [2.75, 3.05) is 11.9 Å². The van der Waals surface area contributed by atoms with Crippen LogP contribution in [0.15, 0.2) is 54.6 Å². The van der Waals surface area contributed by atoms with Crippen molar-refractivity contribution < 1.29 is 9.53 Å². The highest BCUT2D eigenvalue weighted by atomic mass is 16.5. The Morgan fingerprint density at radius 3 is 2.50 bits per heavy atom. The van der Waals surface area contributed by atoms with Crippen LogP contribution in [0.1, 0.15) is 5.56 Å². The summed E-state index contributed by atoms with van der Waals surface area (Å²) in [5.41, 5.74) is 3.15. The number of rotatable bonds is 5. The van der Waals surface area contributed by atoms with E-state index in [-0.39, 0.29) is 0 Å². The van der Waals surface area contributed by atoms with Gasteiger partial charge in [-0.05, 0) is 29.8 Å². The Labute approximate surface area is 107 Å². The minimum absolute atomic E-state index is 0.306. The predicted octanol–water partition coefficient (Wildman–Crippen LogP) is 3.13. The standard InChI is InChI=1S/C15H15NO2/c1-16(14-7-3-2-4-8-14)15-9-5-6-13(10-15)11-18-12-17/h2-10,12H,11H2,1H3. The zero-order valence-electron chi connectivity index (χ0n) is 10.2. The van der Waals surface area contributed by atoms with Gasteiger partial charge in [0.1, 0.15) is 6.61 Å². The van der Waals surface area contributed by atoms with E-state index in [1.807, 2.05) is 49.5 Å². The molecule has 3 heteroatoms. The first kappa shape index (κ1) is 12.2. The number of anilines is 2. The van der Waals surface area contributed by atoms with Gasteiger partial charge in [0.2, 0.25) is 0 Å². The monoisotopic (exact) mass is 241 g/mol. The number of hydrogen-bond acceptors (Lipinski definition) is 3. The van der Waals surface area contributed by atoms with Crippen molar-refractivity contribution in [3.63, 3.8) is 0 Å². The molecule has 0 saturated carbocycles. The number of carbonyl (C=O) groups excluding carboxylic acids is 1. The normalized spacial score (nSPS) is 9.83. The molecule has 0 spiro atoms. The lowest BCUT2D eigenvalue weighted by Gasteiger charge is -2.20. The number of para-hydroxylation sites is 1. The third-order valence-corrected chi connectivity index (χ3v) is 2.76. The lowest BCUT2D eigenvalue weighted by molar-refractivity contribution is -0.129. The Balaban J connectivity index is 2.20. The topological polar surface area (TPSA) is 29.5 Å². The SMILES string of the molecule is CN(c1ccccc1)c1cccc(COC=O)c1. The fourth-order valence-electron chi connectivity index (χ4n) is 1.79. The van der Waals surface area contributed by atoms with E-state index < -0.39 is 0 Å². The van der Waals surface area contributed by atoms with Gasteiger partial charge in [-0.25, -0.2) is 0 Å². The molecule has 0 radical (unpaired) electrons. The maximum Gasteiger partial charge on any atom is 0.293 e. The van der Waals surface area contributed by atoms with Crippen LogP contribution in [0, 0.1) is 0 Å². The maximum absolute atomic E-state index is 10.2. The van der Waals surface area contributed by atoms with Gasteiger partial charge in [0, 0.05) is 18.4 Å². The molecule has 92 valence electrons. The van der Waals surface area contributed by atoms with Crippen LogP contribution in [-0.4, -0.2) is 13.5 Å². The van der Waals surface area contributed by atoms with Gasteiger partial charge in [-0.3, -0.25) is 4.79 Å². The quantitative estimate of drug-likeness (QED) is 0.753. The highest BCUT2D eigenvalue weighted by Crippen LogP contribution is 2.23. The average Bonchev–Trinajstić information content (AvgIpc) is 2.45. The molecule has 0 aliphatic rings. The predicted molar refractivity (Wildman–Crippen MR) is 71.8 cm³/mol. The van der Waals surface area contributed by atoms with Gasteiger partial charge in [-0.15, -0.1) is 0 Å². The van der Waals surface area contributed by atoms with Crippen LogP contribution in [0.3, 0.4) is 0 Å². The zero-order chi connectivity index (χ0) is 12.8. The summed E-state index contributed by atoms with van der Waals surface area (Å²) in [6, 6.07) is 18.0. The fraction of sp³-hybridized carbons (Fsp3) is 0.133. The van der Waals surface area contributed by atoms with Crippen molar-refractivity contribution in [1.29, 1.82) is 0 Å². The molecule has 0 aromatic heterocycles. The summed E-state index contributed by atoms with van der Waals surface area (Å²) in [5, 5.41) is 0. The van der Waals surface area contributed by atoms with Crippen LogP contribution in [-0.2, 0) is 16.1 Å². The molecule has 0 amide bonds. The van der Waals surface area contributed by atoms with E-state index in [0.717, 1.165) is 16.9 Å². The lowest BCUT2D eigenvalue weighted by Crippen LogP contribution is -2.09. The smallest absolute Gasteiger partial charge is 0.293 e. The molecular weight excluding hydrogens is 226 g/mol. The summed E-state index contributed by atoms with van der Waals surface area (Å²) >= 11 is 0. The summed E-state index contributed by atoms with van der Waals surface area (Å²) < 4.78 is 4.76. The van der Waals surface area contributed by atoms with Gasteiger partial charge in [0.05, 0.1) is 0 Å². The van der Waals surface area contributed by atoms with Crippen molar-refractivity contribution in [3.8, 4) is 0 Å². The summed E-state index contributed by atoms with van der Waals surface area (Å²) in [5.74, 6) is 0. The Bertz CT molecular complexity index is 511.